The largest absolute Gasteiger partial charge is 0.482 e. The molecule has 0 aliphatic heterocycles. The van der Waals surface area contributed by atoms with Crippen LogP contribution in [0.2, 0.25) is 0 Å². The van der Waals surface area contributed by atoms with E-state index < -0.39 is 24.3 Å². The summed E-state index contributed by atoms with van der Waals surface area (Å²) in [4.78, 5) is 23.7. The summed E-state index contributed by atoms with van der Waals surface area (Å²) in [5.41, 5.74) is 1.75. The molecule has 0 aliphatic rings. The highest BCUT2D eigenvalue weighted by atomic mass is 19.1. The molecule has 0 unspecified atom stereocenters. The van der Waals surface area contributed by atoms with E-state index in [1.165, 1.54) is 24.3 Å². The Labute approximate surface area is 152 Å². The van der Waals surface area contributed by atoms with Crippen molar-refractivity contribution in [1.29, 1.82) is 0 Å². The first-order chi connectivity index (χ1) is 12.5. The van der Waals surface area contributed by atoms with Gasteiger partial charge in [0.05, 0.1) is 0 Å². The van der Waals surface area contributed by atoms with E-state index in [9.17, 15) is 14.0 Å². The maximum atomic E-state index is 12.8. The van der Waals surface area contributed by atoms with Crippen LogP contribution in [-0.4, -0.2) is 25.1 Å². The summed E-state index contributed by atoms with van der Waals surface area (Å²) in [7, 11) is 0. The quantitative estimate of drug-likeness (QED) is 0.726. The number of halogens is 1. The number of amides is 1. The monoisotopic (exact) mass is 359 g/mol. The summed E-state index contributed by atoms with van der Waals surface area (Å²) in [6.45, 7) is 3.40. The van der Waals surface area contributed by atoms with Crippen molar-refractivity contribution in [3.05, 3.63) is 59.9 Å². The molecular formula is C20H22FNO4. The Bertz CT molecular complexity index is 746. The molecule has 0 spiro atoms. The van der Waals surface area contributed by atoms with Crippen LogP contribution in [0.3, 0.4) is 0 Å². The molecule has 5 nitrogen and oxygen atoms in total. The summed E-state index contributed by atoms with van der Waals surface area (Å²) in [6.07, 6.45) is 0.947. The second kappa shape index (κ2) is 9.56. The average molecular weight is 359 g/mol. The number of hydrogen-bond acceptors (Lipinski definition) is 4. The molecule has 1 atom stereocenters. The van der Waals surface area contributed by atoms with E-state index in [0.29, 0.717) is 17.4 Å². The molecule has 1 amide bonds. The molecule has 2 rings (SSSR count). The highest BCUT2D eigenvalue weighted by Gasteiger charge is 2.13. The Balaban J connectivity index is 1.79. The van der Waals surface area contributed by atoms with Gasteiger partial charge in [0.2, 0.25) is 0 Å². The summed E-state index contributed by atoms with van der Waals surface area (Å²) in [5.74, 6) is -0.849. The Morgan fingerprint density at radius 2 is 1.77 bits per heavy atom. The molecular weight excluding hydrogens is 337 g/mol. The van der Waals surface area contributed by atoms with Crippen LogP contribution in [0.4, 0.5) is 10.1 Å². The first-order valence-electron chi connectivity index (χ1n) is 8.42. The van der Waals surface area contributed by atoms with Gasteiger partial charge in [-0.05, 0) is 48.2 Å². The number of esters is 1. The third-order valence-electron chi connectivity index (χ3n) is 3.91. The van der Waals surface area contributed by atoms with Crippen LogP contribution in [0.1, 0.15) is 31.7 Å². The third kappa shape index (κ3) is 5.88. The number of rotatable bonds is 8. The van der Waals surface area contributed by atoms with E-state index in [-0.39, 0.29) is 6.61 Å². The topological polar surface area (TPSA) is 64.6 Å². The molecule has 2 aromatic carbocycles. The van der Waals surface area contributed by atoms with Gasteiger partial charge in [-0.1, -0.05) is 32.0 Å². The molecule has 138 valence electrons. The van der Waals surface area contributed by atoms with Gasteiger partial charge in [-0.2, -0.15) is 0 Å². The fourth-order valence-electron chi connectivity index (χ4n) is 2.31. The van der Waals surface area contributed by atoms with Gasteiger partial charge in [-0.25, -0.2) is 9.18 Å². The molecule has 0 radical (unpaired) electrons. The van der Waals surface area contributed by atoms with Crippen molar-refractivity contribution in [1.82, 2.24) is 0 Å². The molecule has 2 aromatic rings. The van der Waals surface area contributed by atoms with Crippen LogP contribution in [-0.2, 0) is 14.3 Å². The minimum absolute atomic E-state index is 0.304. The number of hydrogen-bond donors (Lipinski definition) is 1. The number of anilines is 1. The molecule has 0 aliphatic carbocycles. The predicted molar refractivity (Wildman–Crippen MR) is 96.6 cm³/mol. The molecule has 0 bridgehead atoms. The van der Waals surface area contributed by atoms with Gasteiger partial charge in [-0.3, -0.25) is 4.79 Å². The SMILES string of the molecule is CC[C@H](C)c1ccccc1NC(=O)COC(=O)COc1ccc(F)cc1. The summed E-state index contributed by atoms with van der Waals surface area (Å²) in [5, 5.41) is 2.76. The predicted octanol–water partition coefficient (Wildman–Crippen LogP) is 3.90. The number of carbonyl (C=O) groups is 2. The highest BCUT2D eigenvalue weighted by molar-refractivity contribution is 5.93. The fourth-order valence-corrected chi connectivity index (χ4v) is 2.31. The van der Waals surface area contributed by atoms with Crippen LogP contribution in [0, 0.1) is 5.82 Å². The summed E-state index contributed by atoms with van der Waals surface area (Å²) < 4.78 is 22.8. The van der Waals surface area contributed by atoms with Gasteiger partial charge in [0.25, 0.3) is 5.91 Å². The standard InChI is InChI=1S/C20H22FNO4/c1-3-14(2)17-6-4-5-7-18(17)22-19(23)12-26-20(24)13-25-16-10-8-15(21)9-11-16/h4-11,14H,3,12-13H2,1-2H3,(H,22,23)/t14-/m0/s1. The maximum Gasteiger partial charge on any atom is 0.344 e. The van der Waals surface area contributed by atoms with Crippen molar-refractivity contribution in [3.63, 3.8) is 0 Å². The van der Waals surface area contributed by atoms with Crippen molar-refractivity contribution in [2.75, 3.05) is 18.5 Å². The molecule has 0 saturated carbocycles. The Hall–Kier alpha value is -2.89. The van der Waals surface area contributed by atoms with Crippen LogP contribution in [0.15, 0.2) is 48.5 Å². The van der Waals surface area contributed by atoms with Gasteiger partial charge in [-0.15, -0.1) is 0 Å². The number of benzene rings is 2. The van der Waals surface area contributed by atoms with E-state index >= 15 is 0 Å². The zero-order valence-corrected chi connectivity index (χ0v) is 14.8. The maximum absolute atomic E-state index is 12.8. The minimum Gasteiger partial charge on any atom is -0.482 e. The van der Waals surface area contributed by atoms with E-state index in [4.69, 9.17) is 9.47 Å². The molecule has 0 aromatic heterocycles. The first-order valence-corrected chi connectivity index (χ1v) is 8.42. The fraction of sp³-hybridized carbons (Fsp3) is 0.300. The molecule has 6 heteroatoms. The first kappa shape index (κ1) is 19.4. The third-order valence-corrected chi connectivity index (χ3v) is 3.91. The van der Waals surface area contributed by atoms with Crippen molar-refractivity contribution >= 4 is 17.6 Å². The Morgan fingerprint density at radius 1 is 1.08 bits per heavy atom. The van der Waals surface area contributed by atoms with E-state index in [0.717, 1.165) is 12.0 Å². The van der Waals surface area contributed by atoms with Crippen molar-refractivity contribution in [3.8, 4) is 5.75 Å². The molecule has 0 fully saturated rings. The Kier molecular flexibility index (Phi) is 7.14. The lowest BCUT2D eigenvalue weighted by molar-refractivity contribution is -0.149. The van der Waals surface area contributed by atoms with Gasteiger partial charge in [0, 0.05) is 5.69 Å². The minimum atomic E-state index is -0.681. The Morgan fingerprint density at radius 3 is 2.46 bits per heavy atom. The van der Waals surface area contributed by atoms with Crippen LogP contribution in [0.25, 0.3) is 0 Å². The number of ether oxygens (including phenoxy) is 2. The summed E-state index contributed by atoms with van der Waals surface area (Å²) in [6, 6.07) is 12.8. The van der Waals surface area contributed by atoms with Crippen molar-refractivity contribution in [2.24, 2.45) is 0 Å². The van der Waals surface area contributed by atoms with Gasteiger partial charge in [0.15, 0.2) is 13.2 Å². The smallest absolute Gasteiger partial charge is 0.344 e. The second-order valence-electron chi connectivity index (χ2n) is 5.85. The van der Waals surface area contributed by atoms with Gasteiger partial charge >= 0.3 is 5.97 Å². The number of carbonyl (C=O) groups excluding carboxylic acids is 2. The zero-order chi connectivity index (χ0) is 18.9. The number of para-hydroxylation sites is 1. The zero-order valence-electron chi connectivity index (χ0n) is 14.8. The normalized spacial score (nSPS) is 11.5. The van der Waals surface area contributed by atoms with Crippen LogP contribution < -0.4 is 10.1 Å². The second-order valence-corrected chi connectivity index (χ2v) is 5.85. The molecule has 0 saturated heterocycles. The van der Waals surface area contributed by atoms with Gasteiger partial charge in [0.1, 0.15) is 11.6 Å². The van der Waals surface area contributed by atoms with Crippen molar-refractivity contribution < 1.29 is 23.5 Å². The van der Waals surface area contributed by atoms with E-state index in [1.807, 2.05) is 24.3 Å². The number of nitrogens with one attached hydrogen (secondary N) is 1. The molecule has 26 heavy (non-hydrogen) atoms. The van der Waals surface area contributed by atoms with E-state index in [2.05, 4.69) is 19.2 Å². The lowest BCUT2D eigenvalue weighted by atomic mass is 9.97. The lowest BCUT2D eigenvalue weighted by Crippen LogP contribution is -2.24. The molecule has 1 N–H and O–H groups in total. The average Bonchev–Trinajstić information content (AvgIpc) is 2.65. The van der Waals surface area contributed by atoms with Gasteiger partial charge < -0.3 is 14.8 Å². The van der Waals surface area contributed by atoms with Crippen LogP contribution >= 0.6 is 0 Å². The van der Waals surface area contributed by atoms with E-state index in [1.54, 1.807) is 0 Å². The highest BCUT2D eigenvalue weighted by Crippen LogP contribution is 2.26. The lowest BCUT2D eigenvalue weighted by Gasteiger charge is -2.15. The molecule has 0 heterocycles. The van der Waals surface area contributed by atoms with Crippen molar-refractivity contribution in [2.45, 2.75) is 26.2 Å². The van der Waals surface area contributed by atoms with Crippen LogP contribution in [0.5, 0.6) is 5.75 Å². The summed E-state index contributed by atoms with van der Waals surface area (Å²) >= 11 is 0.